The highest BCUT2D eigenvalue weighted by Crippen LogP contribution is 2.14. The van der Waals surface area contributed by atoms with Gasteiger partial charge in [-0.1, -0.05) is 0 Å². The summed E-state index contributed by atoms with van der Waals surface area (Å²) in [4.78, 5) is 12.4. The van der Waals surface area contributed by atoms with Gasteiger partial charge in [-0.3, -0.25) is 0 Å². The molecule has 1 atom stereocenters. The van der Waals surface area contributed by atoms with Gasteiger partial charge in [0.15, 0.2) is 0 Å². The second kappa shape index (κ2) is 5.20. The summed E-state index contributed by atoms with van der Waals surface area (Å²) in [6, 6.07) is 0.346. The SMILES string of the molecule is CNC(C)CCN(C(=O)O)C(C)(C)C. The molecule has 1 amide bonds. The normalized spacial score (nSPS) is 13.8. The largest absolute Gasteiger partial charge is 0.465 e. The van der Waals surface area contributed by atoms with E-state index in [1.165, 1.54) is 4.90 Å². The van der Waals surface area contributed by atoms with Crippen molar-refractivity contribution in [3.63, 3.8) is 0 Å². The van der Waals surface area contributed by atoms with Crippen molar-refractivity contribution in [3.8, 4) is 0 Å². The summed E-state index contributed by atoms with van der Waals surface area (Å²) < 4.78 is 0. The molecule has 1 unspecified atom stereocenters. The maximum Gasteiger partial charge on any atom is 0.407 e. The van der Waals surface area contributed by atoms with E-state index in [0.717, 1.165) is 6.42 Å². The number of hydrogen-bond acceptors (Lipinski definition) is 2. The zero-order valence-electron chi connectivity index (χ0n) is 9.79. The number of nitrogens with zero attached hydrogens (tertiary/aromatic N) is 1. The van der Waals surface area contributed by atoms with Gasteiger partial charge in [0.2, 0.25) is 0 Å². The second-order valence-corrected chi connectivity index (χ2v) is 4.58. The van der Waals surface area contributed by atoms with E-state index in [0.29, 0.717) is 12.6 Å². The molecule has 84 valence electrons. The minimum absolute atomic E-state index is 0.320. The molecular weight excluding hydrogens is 180 g/mol. The fourth-order valence-electron chi connectivity index (χ4n) is 1.19. The van der Waals surface area contributed by atoms with Gasteiger partial charge in [-0.05, 0) is 41.2 Å². The van der Waals surface area contributed by atoms with Gasteiger partial charge in [0.1, 0.15) is 0 Å². The van der Waals surface area contributed by atoms with E-state index in [4.69, 9.17) is 5.11 Å². The number of rotatable bonds is 4. The smallest absolute Gasteiger partial charge is 0.407 e. The van der Waals surface area contributed by atoms with Crippen LogP contribution in [-0.4, -0.2) is 41.3 Å². The fraction of sp³-hybridized carbons (Fsp3) is 0.900. The molecule has 0 aliphatic rings. The molecule has 0 saturated heterocycles. The zero-order valence-corrected chi connectivity index (χ0v) is 9.79. The predicted octanol–water partition coefficient (Wildman–Crippen LogP) is 1.76. The maximum absolute atomic E-state index is 11.0. The Bertz CT molecular complexity index is 187. The summed E-state index contributed by atoms with van der Waals surface area (Å²) in [5, 5.41) is 12.1. The third-order valence-electron chi connectivity index (χ3n) is 2.32. The molecule has 0 heterocycles. The van der Waals surface area contributed by atoms with E-state index in [1.807, 2.05) is 34.7 Å². The summed E-state index contributed by atoms with van der Waals surface area (Å²) in [7, 11) is 1.88. The first-order valence-corrected chi connectivity index (χ1v) is 4.97. The van der Waals surface area contributed by atoms with Crippen molar-refractivity contribution >= 4 is 6.09 Å². The van der Waals surface area contributed by atoms with E-state index in [-0.39, 0.29) is 5.54 Å². The van der Waals surface area contributed by atoms with E-state index in [1.54, 1.807) is 0 Å². The lowest BCUT2D eigenvalue weighted by Gasteiger charge is -2.33. The van der Waals surface area contributed by atoms with Gasteiger partial charge in [0, 0.05) is 18.1 Å². The topological polar surface area (TPSA) is 52.6 Å². The average Bonchev–Trinajstić information content (AvgIpc) is 2.01. The lowest BCUT2D eigenvalue weighted by atomic mass is 10.1. The maximum atomic E-state index is 11.0. The molecule has 0 saturated carbocycles. The highest BCUT2D eigenvalue weighted by atomic mass is 16.4. The molecule has 4 heteroatoms. The third kappa shape index (κ3) is 4.46. The first-order valence-electron chi connectivity index (χ1n) is 4.97. The molecule has 0 fully saturated rings. The molecule has 0 radical (unpaired) electrons. The Morgan fingerprint density at radius 2 is 2.00 bits per heavy atom. The number of hydrogen-bond donors (Lipinski definition) is 2. The molecule has 0 aliphatic heterocycles. The Hall–Kier alpha value is -0.770. The minimum Gasteiger partial charge on any atom is -0.465 e. The predicted molar refractivity (Wildman–Crippen MR) is 57.6 cm³/mol. The van der Waals surface area contributed by atoms with Gasteiger partial charge in [0.05, 0.1) is 0 Å². The highest BCUT2D eigenvalue weighted by Gasteiger charge is 2.25. The van der Waals surface area contributed by atoms with Crippen LogP contribution >= 0.6 is 0 Å². The molecule has 0 bridgehead atoms. The van der Waals surface area contributed by atoms with Crippen molar-refractivity contribution in [3.05, 3.63) is 0 Å². The summed E-state index contributed by atoms with van der Waals surface area (Å²) in [6.45, 7) is 8.34. The molecule has 0 rings (SSSR count). The molecule has 0 spiro atoms. The van der Waals surface area contributed by atoms with Crippen molar-refractivity contribution in [2.45, 2.75) is 45.7 Å². The number of nitrogens with one attached hydrogen (secondary N) is 1. The van der Waals surface area contributed by atoms with Crippen LogP contribution in [0.5, 0.6) is 0 Å². The Morgan fingerprint density at radius 1 is 1.50 bits per heavy atom. The highest BCUT2D eigenvalue weighted by molar-refractivity contribution is 5.65. The van der Waals surface area contributed by atoms with Crippen LogP contribution in [0.15, 0.2) is 0 Å². The first-order chi connectivity index (χ1) is 6.29. The molecule has 2 N–H and O–H groups in total. The van der Waals surface area contributed by atoms with E-state index < -0.39 is 6.09 Å². The van der Waals surface area contributed by atoms with Crippen LogP contribution in [0.4, 0.5) is 4.79 Å². The number of carbonyl (C=O) groups is 1. The second-order valence-electron chi connectivity index (χ2n) is 4.58. The lowest BCUT2D eigenvalue weighted by molar-refractivity contribution is 0.0979. The van der Waals surface area contributed by atoms with Gasteiger partial charge < -0.3 is 15.3 Å². The minimum atomic E-state index is -0.846. The molecule has 0 aromatic rings. The van der Waals surface area contributed by atoms with Crippen LogP contribution in [0.1, 0.15) is 34.1 Å². The van der Waals surface area contributed by atoms with Gasteiger partial charge in [-0.15, -0.1) is 0 Å². The Balaban J connectivity index is 4.19. The van der Waals surface area contributed by atoms with Crippen LogP contribution in [0, 0.1) is 0 Å². The fourth-order valence-corrected chi connectivity index (χ4v) is 1.19. The van der Waals surface area contributed by atoms with E-state index >= 15 is 0 Å². The summed E-state index contributed by atoms with van der Waals surface area (Å²) >= 11 is 0. The van der Waals surface area contributed by atoms with Gasteiger partial charge in [-0.25, -0.2) is 4.79 Å². The Labute approximate surface area is 86.3 Å². The monoisotopic (exact) mass is 202 g/mol. The van der Waals surface area contributed by atoms with Crippen LogP contribution in [0.2, 0.25) is 0 Å². The van der Waals surface area contributed by atoms with Crippen LogP contribution in [-0.2, 0) is 0 Å². The average molecular weight is 202 g/mol. The molecular formula is C10H22N2O2. The quantitative estimate of drug-likeness (QED) is 0.730. The van der Waals surface area contributed by atoms with E-state index in [9.17, 15) is 4.79 Å². The standard InChI is InChI=1S/C10H22N2O2/c1-8(11-5)6-7-12(9(13)14)10(2,3)4/h8,11H,6-7H2,1-5H3,(H,13,14). The van der Waals surface area contributed by atoms with Crippen LogP contribution < -0.4 is 5.32 Å². The zero-order chi connectivity index (χ0) is 11.4. The Kier molecular flexibility index (Phi) is 4.91. The van der Waals surface area contributed by atoms with Crippen molar-refractivity contribution in [1.29, 1.82) is 0 Å². The molecule has 0 aliphatic carbocycles. The summed E-state index contributed by atoms with van der Waals surface area (Å²) in [6.07, 6.45) is -0.0131. The molecule has 14 heavy (non-hydrogen) atoms. The summed E-state index contributed by atoms with van der Waals surface area (Å²) in [5.41, 5.74) is -0.320. The molecule has 0 aromatic heterocycles. The van der Waals surface area contributed by atoms with Crippen molar-refractivity contribution < 1.29 is 9.90 Å². The third-order valence-corrected chi connectivity index (χ3v) is 2.32. The first kappa shape index (κ1) is 13.2. The van der Waals surface area contributed by atoms with Crippen LogP contribution in [0.3, 0.4) is 0 Å². The van der Waals surface area contributed by atoms with Gasteiger partial charge in [-0.2, -0.15) is 0 Å². The van der Waals surface area contributed by atoms with Gasteiger partial charge >= 0.3 is 6.09 Å². The number of amides is 1. The summed E-state index contributed by atoms with van der Waals surface area (Å²) in [5.74, 6) is 0. The molecule has 4 nitrogen and oxygen atoms in total. The van der Waals surface area contributed by atoms with Crippen molar-refractivity contribution in [1.82, 2.24) is 10.2 Å². The van der Waals surface area contributed by atoms with Crippen LogP contribution in [0.25, 0.3) is 0 Å². The molecule has 0 aromatic carbocycles. The number of carboxylic acid groups (broad SMARTS) is 1. The Morgan fingerprint density at radius 3 is 2.29 bits per heavy atom. The van der Waals surface area contributed by atoms with E-state index in [2.05, 4.69) is 5.32 Å². The van der Waals surface area contributed by atoms with Gasteiger partial charge in [0.25, 0.3) is 0 Å². The van der Waals surface area contributed by atoms with Crippen molar-refractivity contribution in [2.24, 2.45) is 0 Å². The lowest BCUT2D eigenvalue weighted by Crippen LogP contribution is -2.46. The van der Waals surface area contributed by atoms with Crippen molar-refractivity contribution in [2.75, 3.05) is 13.6 Å².